The molecule has 32 heavy (non-hydrogen) atoms. The largest absolute Gasteiger partial charge is 0.450 e. The molecule has 1 saturated heterocycles. The highest BCUT2D eigenvalue weighted by atomic mass is 35.5. The smallest absolute Gasteiger partial charge is 0.409 e. The Hall–Kier alpha value is -2.78. The maximum Gasteiger partial charge on any atom is 0.409 e. The summed E-state index contributed by atoms with van der Waals surface area (Å²) >= 11 is 5.91. The minimum Gasteiger partial charge on any atom is -0.450 e. The van der Waals surface area contributed by atoms with Gasteiger partial charge in [0.05, 0.1) is 17.2 Å². The summed E-state index contributed by atoms with van der Waals surface area (Å²) in [6.45, 7) is 4.84. The first-order valence-corrected chi connectivity index (χ1v) is 12.1. The molecule has 0 bridgehead atoms. The standard InChI is InChI=1S/C22H26ClN3O5S/c1-3-31-22(28)25-14-12-24(13-15-25)21(27)16-26(19-8-4-17(2)5-9-19)32(29,30)20-10-6-18(23)7-11-20/h4-11H,3,12-16H2,1-2H3. The van der Waals surface area contributed by atoms with Gasteiger partial charge < -0.3 is 14.5 Å². The van der Waals surface area contributed by atoms with Gasteiger partial charge in [-0.05, 0) is 50.2 Å². The van der Waals surface area contributed by atoms with E-state index in [4.69, 9.17) is 16.3 Å². The highest BCUT2D eigenvalue weighted by Crippen LogP contribution is 2.25. The number of benzene rings is 2. The number of rotatable bonds is 6. The second-order valence-electron chi connectivity index (χ2n) is 7.37. The number of anilines is 1. The maximum absolute atomic E-state index is 13.4. The molecular weight excluding hydrogens is 454 g/mol. The number of ether oxygens (including phenoxy) is 1. The number of sulfonamides is 1. The van der Waals surface area contributed by atoms with Gasteiger partial charge in [-0.1, -0.05) is 29.3 Å². The van der Waals surface area contributed by atoms with Crippen molar-refractivity contribution in [3.63, 3.8) is 0 Å². The zero-order valence-corrected chi connectivity index (χ0v) is 19.6. The third-order valence-corrected chi connectivity index (χ3v) is 7.20. The quantitative estimate of drug-likeness (QED) is 0.635. The molecule has 0 aliphatic carbocycles. The van der Waals surface area contributed by atoms with E-state index in [1.807, 2.05) is 6.92 Å². The van der Waals surface area contributed by atoms with E-state index in [0.717, 1.165) is 9.87 Å². The molecule has 1 aliphatic heterocycles. The molecule has 172 valence electrons. The molecule has 1 fully saturated rings. The fourth-order valence-electron chi connectivity index (χ4n) is 3.34. The van der Waals surface area contributed by atoms with Crippen LogP contribution in [0.4, 0.5) is 10.5 Å². The third-order valence-electron chi connectivity index (χ3n) is 5.16. The van der Waals surface area contributed by atoms with E-state index in [9.17, 15) is 18.0 Å². The molecular formula is C22H26ClN3O5S. The molecule has 0 N–H and O–H groups in total. The topological polar surface area (TPSA) is 87.2 Å². The molecule has 8 nitrogen and oxygen atoms in total. The van der Waals surface area contributed by atoms with E-state index in [-0.39, 0.29) is 24.0 Å². The first-order valence-electron chi connectivity index (χ1n) is 10.3. The molecule has 0 atom stereocenters. The first-order chi connectivity index (χ1) is 15.2. The summed E-state index contributed by atoms with van der Waals surface area (Å²) in [5, 5.41) is 0.418. The van der Waals surface area contributed by atoms with E-state index in [2.05, 4.69) is 0 Å². The van der Waals surface area contributed by atoms with Crippen LogP contribution in [0.2, 0.25) is 5.02 Å². The van der Waals surface area contributed by atoms with Gasteiger partial charge in [0.15, 0.2) is 0 Å². The van der Waals surface area contributed by atoms with Crippen LogP contribution in [-0.2, 0) is 19.6 Å². The van der Waals surface area contributed by atoms with Gasteiger partial charge in [-0.15, -0.1) is 0 Å². The third kappa shape index (κ3) is 5.52. The predicted molar refractivity (Wildman–Crippen MR) is 122 cm³/mol. The van der Waals surface area contributed by atoms with Crippen LogP contribution in [0.3, 0.4) is 0 Å². The average Bonchev–Trinajstić information content (AvgIpc) is 2.78. The second kappa shape index (κ2) is 10.2. The Bertz CT molecular complexity index is 1050. The van der Waals surface area contributed by atoms with Crippen molar-refractivity contribution in [1.82, 2.24) is 9.80 Å². The number of hydrogen-bond donors (Lipinski definition) is 0. The van der Waals surface area contributed by atoms with Crippen molar-refractivity contribution in [2.75, 3.05) is 43.6 Å². The van der Waals surface area contributed by atoms with E-state index >= 15 is 0 Å². The number of halogens is 1. The lowest BCUT2D eigenvalue weighted by molar-refractivity contribution is -0.131. The monoisotopic (exact) mass is 479 g/mol. The Morgan fingerprint density at radius 3 is 2.09 bits per heavy atom. The Balaban J connectivity index is 1.80. The number of carbonyl (C=O) groups excluding carboxylic acids is 2. The van der Waals surface area contributed by atoms with Crippen LogP contribution in [0.1, 0.15) is 12.5 Å². The maximum atomic E-state index is 13.4. The van der Waals surface area contributed by atoms with Crippen LogP contribution in [0.25, 0.3) is 0 Å². The van der Waals surface area contributed by atoms with Crippen LogP contribution in [0.15, 0.2) is 53.4 Å². The average molecular weight is 480 g/mol. The Labute approximate surface area is 193 Å². The van der Waals surface area contributed by atoms with Crippen molar-refractivity contribution in [1.29, 1.82) is 0 Å². The molecule has 0 aromatic heterocycles. The number of nitrogens with zero attached hydrogens (tertiary/aromatic N) is 3. The molecule has 0 unspecified atom stereocenters. The van der Waals surface area contributed by atoms with Gasteiger partial charge in [-0.2, -0.15) is 0 Å². The number of amides is 2. The van der Waals surface area contributed by atoms with Crippen molar-refractivity contribution in [3.8, 4) is 0 Å². The van der Waals surface area contributed by atoms with Crippen molar-refractivity contribution < 1.29 is 22.7 Å². The van der Waals surface area contributed by atoms with Gasteiger partial charge in [-0.25, -0.2) is 13.2 Å². The molecule has 0 spiro atoms. The van der Waals surface area contributed by atoms with Gasteiger partial charge in [-0.3, -0.25) is 9.10 Å². The van der Waals surface area contributed by atoms with Crippen LogP contribution in [0.5, 0.6) is 0 Å². The number of aryl methyl sites for hydroxylation is 1. The summed E-state index contributed by atoms with van der Waals surface area (Å²) in [6, 6.07) is 12.8. The van der Waals surface area contributed by atoms with Gasteiger partial charge >= 0.3 is 6.09 Å². The van der Waals surface area contributed by atoms with Crippen molar-refractivity contribution in [3.05, 3.63) is 59.1 Å². The summed E-state index contributed by atoms with van der Waals surface area (Å²) in [7, 11) is -4.01. The summed E-state index contributed by atoms with van der Waals surface area (Å²) in [5.74, 6) is -0.341. The molecule has 2 aromatic rings. The van der Waals surface area contributed by atoms with E-state index < -0.39 is 16.1 Å². The van der Waals surface area contributed by atoms with Crippen LogP contribution in [-0.4, -0.2) is 69.5 Å². The van der Waals surface area contributed by atoms with Gasteiger partial charge in [0, 0.05) is 31.2 Å². The Morgan fingerprint density at radius 2 is 1.53 bits per heavy atom. The number of carbonyl (C=O) groups is 2. The fraction of sp³-hybridized carbons (Fsp3) is 0.364. The molecule has 10 heteroatoms. The zero-order chi connectivity index (χ0) is 23.3. The minimum absolute atomic E-state index is 0.0439. The van der Waals surface area contributed by atoms with Crippen molar-refractivity contribution in [2.24, 2.45) is 0 Å². The first kappa shape index (κ1) is 23.9. The lowest BCUT2D eigenvalue weighted by atomic mass is 10.2. The highest BCUT2D eigenvalue weighted by molar-refractivity contribution is 7.92. The normalized spacial score (nSPS) is 14.2. The molecule has 2 aromatic carbocycles. The summed E-state index contributed by atoms with van der Waals surface area (Å²) in [4.78, 5) is 28.1. The van der Waals surface area contributed by atoms with Gasteiger partial charge in [0.1, 0.15) is 6.54 Å². The Morgan fingerprint density at radius 1 is 0.969 bits per heavy atom. The molecule has 0 saturated carbocycles. The summed E-state index contributed by atoms with van der Waals surface area (Å²) in [5.41, 5.74) is 1.36. The van der Waals surface area contributed by atoms with E-state index in [1.165, 1.54) is 29.2 Å². The van der Waals surface area contributed by atoms with Crippen LogP contribution < -0.4 is 4.31 Å². The lowest BCUT2D eigenvalue weighted by Gasteiger charge is -2.35. The molecule has 1 heterocycles. The van der Waals surface area contributed by atoms with Gasteiger partial charge in [0.25, 0.3) is 10.0 Å². The van der Waals surface area contributed by atoms with E-state index in [0.29, 0.717) is 36.9 Å². The summed E-state index contributed by atoms with van der Waals surface area (Å²) in [6.07, 6.45) is -0.411. The molecule has 1 aliphatic rings. The van der Waals surface area contributed by atoms with Crippen LogP contribution in [0, 0.1) is 6.92 Å². The lowest BCUT2D eigenvalue weighted by Crippen LogP contribution is -2.53. The van der Waals surface area contributed by atoms with Gasteiger partial charge in [0.2, 0.25) is 5.91 Å². The zero-order valence-electron chi connectivity index (χ0n) is 18.0. The summed E-state index contributed by atoms with van der Waals surface area (Å²) < 4.78 is 32.9. The predicted octanol–water partition coefficient (Wildman–Crippen LogP) is 3.14. The van der Waals surface area contributed by atoms with Crippen LogP contribution >= 0.6 is 11.6 Å². The van der Waals surface area contributed by atoms with E-state index in [1.54, 1.807) is 36.1 Å². The second-order valence-corrected chi connectivity index (χ2v) is 9.67. The highest BCUT2D eigenvalue weighted by Gasteiger charge is 2.31. The Kier molecular flexibility index (Phi) is 7.63. The molecule has 0 radical (unpaired) electrons. The molecule has 3 rings (SSSR count). The SMILES string of the molecule is CCOC(=O)N1CCN(C(=O)CN(c2ccc(C)cc2)S(=O)(=O)c2ccc(Cl)cc2)CC1. The molecule has 2 amide bonds. The number of piperazine rings is 1. The minimum atomic E-state index is -4.01. The fourth-order valence-corrected chi connectivity index (χ4v) is 4.88. The number of hydrogen-bond acceptors (Lipinski definition) is 5. The van der Waals surface area contributed by atoms with Crippen molar-refractivity contribution >= 4 is 39.3 Å². The van der Waals surface area contributed by atoms with Crippen molar-refractivity contribution in [2.45, 2.75) is 18.7 Å².